The molecule has 0 aromatic heterocycles. The maximum atomic E-state index is 11.8. The summed E-state index contributed by atoms with van der Waals surface area (Å²) in [5.74, 6) is -0.800. The lowest BCUT2D eigenvalue weighted by Gasteiger charge is -2.34. The average molecular weight is 429 g/mol. The molecule has 0 fully saturated rings. The monoisotopic (exact) mass is 428 g/mol. The van der Waals surface area contributed by atoms with Crippen LogP contribution in [0.4, 0.5) is 0 Å². The van der Waals surface area contributed by atoms with Gasteiger partial charge in [-0.25, -0.2) is 9.59 Å². The molecule has 0 spiro atoms. The number of hydrogen-bond acceptors (Lipinski definition) is 6. The van der Waals surface area contributed by atoms with Crippen LogP contribution in [-0.4, -0.2) is 51.6 Å². The molecule has 0 aliphatic carbocycles. The highest BCUT2D eigenvalue weighted by Crippen LogP contribution is 2.30. The third kappa shape index (κ3) is 9.32. The van der Waals surface area contributed by atoms with E-state index in [-0.39, 0.29) is 26.4 Å². The maximum absolute atomic E-state index is 11.8. The molecule has 31 heavy (non-hydrogen) atoms. The Bertz CT molecular complexity index is 708. The zero-order valence-electron chi connectivity index (χ0n) is 18.4. The van der Waals surface area contributed by atoms with Gasteiger partial charge in [0.15, 0.2) is 0 Å². The fourth-order valence-corrected chi connectivity index (χ4v) is 3.47. The van der Waals surface area contributed by atoms with E-state index in [2.05, 4.69) is 24.3 Å². The van der Waals surface area contributed by atoms with E-state index in [9.17, 15) is 9.59 Å². The Balaban J connectivity index is 2.20. The van der Waals surface area contributed by atoms with Crippen molar-refractivity contribution in [3.05, 3.63) is 71.8 Å². The van der Waals surface area contributed by atoms with E-state index in [1.165, 1.54) is 0 Å². The summed E-state index contributed by atoms with van der Waals surface area (Å²) < 4.78 is 21.5. The normalized spacial score (nSPS) is 11.2. The highest BCUT2D eigenvalue weighted by molar-refractivity contribution is 5.70. The molecule has 0 aliphatic heterocycles. The maximum Gasteiger partial charge on any atom is 0.332 e. The number of ether oxygens (including phenoxy) is 4. The van der Waals surface area contributed by atoms with Gasteiger partial charge in [-0.3, -0.25) is 0 Å². The van der Waals surface area contributed by atoms with Gasteiger partial charge in [-0.2, -0.15) is 0 Å². The topological polar surface area (TPSA) is 71.1 Å². The summed E-state index contributed by atoms with van der Waals surface area (Å²) in [5.41, 5.74) is 1.76. The van der Waals surface area contributed by atoms with Crippen LogP contribution in [0.1, 0.15) is 25.0 Å². The van der Waals surface area contributed by atoms with E-state index in [4.69, 9.17) is 18.9 Å². The van der Waals surface area contributed by atoms with E-state index in [0.717, 1.165) is 11.1 Å². The fourth-order valence-electron chi connectivity index (χ4n) is 3.47. The second-order valence-corrected chi connectivity index (χ2v) is 7.42. The Morgan fingerprint density at radius 2 is 1.06 bits per heavy atom. The predicted octanol–water partition coefficient (Wildman–Crippen LogP) is 3.62. The second kappa shape index (κ2) is 13.6. The van der Waals surface area contributed by atoms with Crippen LogP contribution in [0.2, 0.25) is 0 Å². The number of benzene rings is 2. The highest BCUT2D eigenvalue weighted by atomic mass is 16.6. The molecule has 0 unspecified atom stereocenters. The Kier molecular flexibility index (Phi) is 10.8. The number of rotatable bonds is 14. The van der Waals surface area contributed by atoms with Crippen molar-refractivity contribution in [2.24, 2.45) is 5.41 Å². The Hall–Kier alpha value is -2.70. The number of esters is 2. The van der Waals surface area contributed by atoms with Crippen molar-refractivity contribution in [1.82, 2.24) is 0 Å². The molecule has 0 N–H and O–H groups in total. The lowest BCUT2D eigenvalue weighted by Crippen LogP contribution is -2.38. The molecule has 0 bridgehead atoms. The standard InChI is InChI=1S/C25H32O6/c1-3-30-23(26)17-28-19-25(15-21-11-7-5-8-12-21,16-22-13-9-6-10-14-22)20-29-18-24(27)31-4-2/h5-14H,3-4,15-20H2,1-2H3. The van der Waals surface area contributed by atoms with Crippen LogP contribution >= 0.6 is 0 Å². The Morgan fingerprint density at radius 3 is 1.42 bits per heavy atom. The lowest BCUT2D eigenvalue weighted by molar-refractivity contribution is -0.152. The van der Waals surface area contributed by atoms with Gasteiger partial charge in [0.1, 0.15) is 13.2 Å². The van der Waals surface area contributed by atoms with Crippen molar-refractivity contribution in [3.63, 3.8) is 0 Å². The Morgan fingerprint density at radius 1 is 0.677 bits per heavy atom. The molecule has 6 nitrogen and oxygen atoms in total. The van der Waals surface area contributed by atoms with Gasteiger partial charge in [0.25, 0.3) is 0 Å². The van der Waals surface area contributed by atoms with Crippen LogP contribution in [0.3, 0.4) is 0 Å². The predicted molar refractivity (Wildman–Crippen MR) is 118 cm³/mol. The first-order valence-electron chi connectivity index (χ1n) is 10.6. The zero-order chi connectivity index (χ0) is 22.4. The van der Waals surface area contributed by atoms with Crippen LogP contribution < -0.4 is 0 Å². The first-order chi connectivity index (χ1) is 15.1. The van der Waals surface area contributed by atoms with Gasteiger partial charge >= 0.3 is 11.9 Å². The SMILES string of the molecule is CCOC(=O)COCC(COCC(=O)OCC)(Cc1ccccc1)Cc1ccccc1. The lowest BCUT2D eigenvalue weighted by atomic mass is 9.77. The molecule has 2 aromatic rings. The van der Waals surface area contributed by atoms with Crippen LogP contribution in [0.25, 0.3) is 0 Å². The molecule has 0 radical (unpaired) electrons. The molecule has 2 aromatic carbocycles. The molecule has 0 saturated heterocycles. The van der Waals surface area contributed by atoms with E-state index in [1.807, 2.05) is 36.4 Å². The molecular formula is C25H32O6. The molecule has 0 atom stereocenters. The zero-order valence-corrected chi connectivity index (χ0v) is 18.4. The summed E-state index contributed by atoms with van der Waals surface area (Å²) in [4.78, 5) is 23.6. The quantitative estimate of drug-likeness (QED) is 0.428. The summed E-state index contributed by atoms with van der Waals surface area (Å²) in [6, 6.07) is 20.1. The molecule has 168 valence electrons. The molecule has 0 heterocycles. The Labute approximate surface area is 184 Å². The third-order valence-electron chi connectivity index (χ3n) is 4.71. The molecule has 0 saturated carbocycles. The van der Waals surface area contributed by atoms with Crippen molar-refractivity contribution >= 4 is 11.9 Å². The molecule has 2 rings (SSSR count). The number of carbonyl (C=O) groups is 2. The van der Waals surface area contributed by atoms with Gasteiger partial charge in [0.05, 0.1) is 26.4 Å². The molecular weight excluding hydrogens is 396 g/mol. The number of hydrogen-bond donors (Lipinski definition) is 0. The number of carbonyl (C=O) groups excluding carboxylic acids is 2. The van der Waals surface area contributed by atoms with Gasteiger partial charge in [-0.05, 0) is 37.8 Å². The smallest absolute Gasteiger partial charge is 0.332 e. The van der Waals surface area contributed by atoms with Crippen LogP contribution in [0.15, 0.2) is 60.7 Å². The van der Waals surface area contributed by atoms with E-state index < -0.39 is 17.4 Å². The first kappa shape index (κ1) is 24.6. The largest absolute Gasteiger partial charge is 0.464 e. The summed E-state index contributed by atoms with van der Waals surface area (Å²) in [6.07, 6.45) is 1.32. The minimum atomic E-state index is -0.484. The minimum absolute atomic E-state index is 0.128. The summed E-state index contributed by atoms with van der Waals surface area (Å²) in [6.45, 7) is 4.44. The van der Waals surface area contributed by atoms with E-state index in [0.29, 0.717) is 26.1 Å². The van der Waals surface area contributed by atoms with Gasteiger partial charge in [-0.15, -0.1) is 0 Å². The van der Waals surface area contributed by atoms with Crippen molar-refractivity contribution in [3.8, 4) is 0 Å². The van der Waals surface area contributed by atoms with Crippen molar-refractivity contribution in [2.75, 3.05) is 39.6 Å². The van der Waals surface area contributed by atoms with Crippen LogP contribution in [-0.2, 0) is 41.4 Å². The molecule has 0 amide bonds. The molecule has 0 aliphatic rings. The van der Waals surface area contributed by atoms with E-state index >= 15 is 0 Å². The first-order valence-corrected chi connectivity index (χ1v) is 10.6. The van der Waals surface area contributed by atoms with Crippen molar-refractivity contribution in [1.29, 1.82) is 0 Å². The minimum Gasteiger partial charge on any atom is -0.464 e. The fraction of sp³-hybridized carbons (Fsp3) is 0.440. The van der Waals surface area contributed by atoms with Crippen LogP contribution in [0.5, 0.6) is 0 Å². The average Bonchev–Trinajstić information content (AvgIpc) is 2.75. The van der Waals surface area contributed by atoms with Crippen LogP contribution in [0, 0.1) is 5.41 Å². The van der Waals surface area contributed by atoms with Gasteiger partial charge in [0.2, 0.25) is 0 Å². The summed E-state index contributed by atoms with van der Waals surface area (Å²) in [7, 11) is 0. The van der Waals surface area contributed by atoms with Gasteiger partial charge in [-0.1, -0.05) is 60.7 Å². The van der Waals surface area contributed by atoms with Gasteiger partial charge < -0.3 is 18.9 Å². The second-order valence-electron chi connectivity index (χ2n) is 7.42. The highest BCUT2D eigenvalue weighted by Gasteiger charge is 2.33. The summed E-state index contributed by atoms with van der Waals surface area (Å²) >= 11 is 0. The van der Waals surface area contributed by atoms with Crippen molar-refractivity contribution in [2.45, 2.75) is 26.7 Å². The van der Waals surface area contributed by atoms with Crippen molar-refractivity contribution < 1.29 is 28.5 Å². The third-order valence-corrected chi connectivity index (χ3v) is 4.71. The molecule has 6 heteroatoms. The van der Waals surface area contributed by atoms with Gasteiger partial charge in [0, 0.05) is 5.41 Å². The summed E-state index contributed by atoms with van der Waals surface area (Å²) in [5, 5.41) is 0. The van der Waals surface area contributed by atoms with E-state index in [1.54, 1.807) is 13.8 Å².